The van der Waals surface area contributed by atoms with E-state index in [1.807, 2.05) is 6.92 Å². The van der Waals surface area contributed by atoms with Crippen LogP contribution in [0.4, 0.5) is 0 Å². The largest absolute Gasteiger partial charge is 0.409 e. The molecule has 0 aliphatic carbocycles. The van der Waals surface area contributed by atoms with Gasteiger partial charge in [-0.2, -0.15) is 0 Å². The first kappa shape index (κ1) is 11.0. The molecule has 0 aliphatic rings. The topological polar surface area (TPSA) is 70.6 Å². The molecule has 0 bridgehead atoms. The van der Waals surface area contributed by atoms with Gasteiger partial charge in [0, 0.05) is 13.0 Å². The Labute approximate surface area is 73.1 Å². The van der Waals surface area contributed by atoms with Crippen molar-refractivity contribution >= 4 is 5.84 Å². The quantitative estimate of drug-likeness (QED) is 0.137. The van der Waals surface area contributed by atoms with E-state index in [0.717, 1.165) is 25.1 Å². The highest BCUT2D eigenvalue weighted by Gasteiger charge is 1.92. The minimum atomic E-state index is 0.284. The highest BCUT2D eigenvalue weighted by atomic mass is 16.4. The van der Waals surface area contributed by atoms with Crippen molar-refractivity contribution in [2.24, 2.45) is 10.9 Å². The Morgan fingerprint density at radius 2 is 2.33 bits per heavy atom. The molecule has 4 nitrogen and oxygen atoms in total. The third-order valence-electron chi connectivity index (χ3n) is 1.34. The van der Waals surface area contributed by atoms with Gasteiger partial charge < -0.3 is 16.3 Å². The van der Waals surface area contributed by atoms with Crippen LogP contribution in [0.15, 0.2) is 17.3 Å². The second-order valence-corrected chi connectivity index (χ2v) is 2.83. The molecule has 0 fully saturated rings. The molecule has 0 aromatic carbocycles. The first-order valence-corrected chi connectivity index (χ1v) is 3.98. The highest BCUT2D eigenvalue weighted by Crippen LogP contribution is 1.87. The minimum absolute atomic E-state index is 0.284. The lowest BCUT2D eigenvalue weighted by atomic mass is 10.3. The summed E-state index contributed by atoms with van der Waals surface area (Å²) in [6, 6.07) is 0. The molecule has 12 heavy (non-hydrogen) atoms. The van der Waals surface area contributed by atoms with Crippen molar-refractivity contribution in [3.8, 4) is 0 Å². The van der Waals surface area contributed by atoms with E-state index >= 15 is 0 Å². The highest BCUT2D eigenvalue weighted by molar-refractivity contribution is 5.79. The van der Waals surface area contributed by atoms with Crippen LogP contribution >= 0.6 is 0 Å². The summed E-state index contributed by atoms with van der Waals surface area (Å²) in [4.78, 5) is 0. The van der Waals surface area contributed by atoms with Gasteiger partial charge in [-0.15, -0.1) is 0 Å². The Morgan fingerprint density at radius 1 is 1.67 bits per heavy atom. The molecular weight excluding hydrogens is 154 g/mol. The molecule has 0 aliphatic heterocycles. The van der Waals surface area contributed by atoms with Gasteiger partial charge in [0.15, 0.2) is 0 Å². The monoisotopic (exact) mass is 171 g/mol. The summed E-state index contributed by atoms with van der Waals surface area (Å²) >= 11 is 0. The minimum Gasteiger partial charge on any atom is -0.409 e. The molecule has 0 amide bonds. The summed E-state index contributed by atoms with van der Waals surface area (Å²) in [5, 5.41) is 14.3. The molecule has 4 heteroatoms. The molecule has 0 atom stereocenters. The Morgan fingerprint density at radius 3 is 2.83 bits per heavy atom. The van der Waals surface area contributed by atoms with Crippen LogP contribution in [-0.2, 0) is 0 Å². The summed E-state index contributed by atoms with van der Waals surface area (Å²) in [6.45, 7) is 7.42. The lowest BCUT2D eigenvalue weighted by Gasteiger charge is -2.02. The van der Waals surface area contributed by atoms with Crippen molar-refractivity contribution in [3.63, 3.8) is 0 Å². The molecule has 4 N–H and O–H groups in total. The molecule has 0 unspecified atom stereocenters. The van der Waals surface area contributed by atoms with Crippen LogP contribution in [0.25, 0.3) is 0 Å². The summed E-state index contributed by atoms with van der Waals surface area (Å²) in [7, 11) is 0. The van der Waals surface area contributed by atoms with E-state index in [-0.39, 0.29) is 5.84 Å². The molecule has 70 valence electrons. The van der Waals surface area contributed by atoms with Crippen molar-refractivity contribution < 1.29 is 5.21 Å². The van der Waals surface area contributed by atoms with Gasteiger partial charge in [-0.3, -0.25) is 0 Å². The first-order chi connectivity index (χ1) is 5.66. The van der Waals surface area contributed by atoms with Gasteiger partial charge in [-0.25, -0.2) is 0 Å². The number of nitrogens with one attached hydrogen (secondary N) is 1. The molecule has 0 radical (unpaired) electrons. The van der Waals surface area contributed by atoms with Crippen LogP contribution in [0.3, 0.4) is 0 Å². The van der Waals surface area contributed by atoms with E-state index in [2.05, 4.69) is 17.1 Å². The number of hydrogen-bond acceptors (Lipinski definition) is 3. The molecule has 0 aromatic heterocycles. The van der Waals surface area contributed by atoms with E-state index in [1.54, 1.807) is 0 Å². The Bertz CT molecular complexity index is 166. The van der Waals surface area contributed by atoms with Crippen LogP contribution in [0.1, 0.15) is 19.8 Å². The van der Waals surface area contributed by atoms with Gasteiger partial charge in [0.2, 0.25) is 0 Å². The van der Waals surface area contributed by atoms with Gasteiger partial charge in [0.25, 0.3) is 0 Å². The second kappa shape index (κ2) is 6.67. The van der Waals surface area contributed by atoms with Crippen LogP contribution < -0.4 is 11.1 Å². The van der Waals surface area contributed by atoms with Crippen LogP contribution in [-0.4, -0.2) is 24.1 Å². The van der Waals surface area contributed by atoms with Gasteiger partial charge in [0.1, 0.15) is 5.84 Å². The van der Waals surface area contributed by atoms with Gasteiger partial charge in [0.05, 0.1) is 0 Å². The molecule has 0 saturated carbocycles. The average molecular weight is 171 g/mol. The van der Waals surface area contributed by atoms with Crippen molar-refractivity contribution in [2.75, 3.05) is 13.1 Å². The van der Waals surface area contributed by atoms with E-state index in [4.69, 9.17) is 10.9 Å². The second-order valence-electron chi connectivity index (χ2n) is 2.83. The number of hydrogen-bond donors (Lipinski definition) is 3. The van der Waals surface area contributed by atoms with E-state index in [1.165, 1.54) is 0 Å². The summed E-state index contributed by atoms with van der Waals surface area (Å²) in [5.41, 5.74) is 6.38. The smallest absolute Gasteiger partial charge is 0.139 e. The maximum Gasteiger partial charge on any atom is 0.139 e. The Balaban J connectivity index is 3.16. The SMILES string of the molecule is C=C(C)CNCCCC(N)=NO. The number of rotatable bonds is 6. The van der Waals surface area contributed by atoms with Crippen LogP contribution in [0.5, 0.6) is 0 Å². The molecule has 0 saturated heterocycles. The van der Waals surface area contributed by atoms with Gasteiger partial charge in [-0.1, -0.05) is 17.3 Å². The maximum absolute atomic E-state index is 8.21. The number of oxime groups is 1. The molecule has 0 aromatic rings. The van der Waals surface area contributed by atoms with E-state index in [0.29, 0.717) is 6.42 Å². The van der Waals surface area contributed by atoms with Crippen molar-refractivity contribution in [2.45, 2.75) is 19.8 Å². The number of nitrogens with two attached hydrogens (primary N) is 1. The molecule has 0 spiro atoms. The molecular formula is C8H17N3O. The van der Waals surface area contributed by atoms with Crippen molar-refractivity contribution in [1.29, 1.82) is 0 Å². The van der Waals surface area contributed by atoms with Gasteiger partial charge >= 0.3 is 0 Å². The third kappa shape index (κ3) is 7.08. The fraction of sp³-hybridized carbons (Fsp3) is 0.625. The van der Waals surface area contributed by atoms with E-state index < -0.39 is 0 Å². The molecule has 0 heterocycles. The summed E-state index contributed by atoms with van der Waals surface area (Å²) < 4.78 is 0. The lowest BCUT2D eigenvalue weighted by Crippen LogP contribution is -2.20. The van der Waals surface area contributed by atoms with Crippen LogP contribution in [0, 0.1) is 0 Å². The number of amidine groups is 1. The predicted octanol–water partition coefficient (Wildman–Crippen LogP) is 0.679. The van der Waals surface area contributed by atoms with Crippen molar-refractivity contribution in [3.05, 3.63) is 12.2 Å². The lowest BCUT2D eigenvalue weighted by molar-refractivity contribution is 0.316. The fourth-order valence-electron chi connectivity index (χ4n) is 0.746. The number of nitrogens with zero attached hydrogens (tertiary/aromatic N) is 1. The van der Waals surface area contributed by atoms with Crippen LogP contribution in [0.2, 0.25) is 0 Å². The summed E-state index contributed by atoms with van der Waals surface area (Å²) in [6.07, 6.45) is 1.50. The molecule has 0 rings (SSSR count). The van der Waals surface area contributed by atoms with E-state index in [9.17, 15) is 0 Å². The fourth-order valence-corrected chi connectivity index (χ4v) is 0.746. The maximum atomic E-state index is 8.21. The summed E-state index contributed by atoms with van der Waals surface area (Å²) in [5.74, 6) is 0.284. The Kier molecular flexibility index (Phi) is 6.09. The van der Waals surface area contributed by atoms with Gasteiger partial charge in [-0.05, 0) is 19.9 Å². The normalized spacial score (nSPS) is 11.6. The Hall–Kier alpha value is -1.03. The van der Waals surface area contributed by atoms with Crippen molar-refractivity contribution in [1.82, 2.24) is 5.32 Å². The zero-order valence-electron chi connectivity index (χ0n) is 7.51. The zero-order chi connectivity index (χ0) is 9.40. The standard InChI is InChI=1S/C8H17N3O/c1-7(2)6-10-5-3-4-8(9)11-12/h10,12H,1,3-6H2,2H3,(H2,9,11). The first-order valence-electron chi connectivity index (χ1n) is 3.98. The zero-order valence-corrected chi connectivity index (χ0v) is 7.51. The average Bonchev–Trinajstić information content (AvgIpc) is 2.03. The predicted molar refractivity (Wildman–Crippen MR) is 50.3 cm³/mol. The third-order valence-corrected chi connectivity index (χ3v) is 1.34.